The molecule has 14 heteroatoms. The fourth-order valence-electron chi connectivity index (χ4n) is 4.55. The van der Waals surface area contributed by atoms with Gasteiger partial charge in [0.25, 0.3) is 10.0 Å². The summed E-state index contributed by atoms with van der Waals surface area (Å²) in [6.07, 6.45) is 2.07. The van der Waals surface area contributed by atoms with E-state index in [1.54, 1.807) is 32.0 Å². The fraction of sp³-hybridized carbons (Fsp3) is 0.393. The molecule has 0 saturated heterocycles. The average molecular weight is 603 g/mol. The predicted molar refractivity (Wildman–Crippen MR) is 154 cm³/mol. The van der Waals surface area contributed by atoms with Crippen LogP contribution in [0.15, 0.2) is 60.0 Å². The quantitative estimate of drug-likeness (QED) is 0.359. The highest BCUT2D eigenvalue weighted by Crippen LogP contribution is 2.30. The first-order valence-corrected chi connectivity index (χ1v) is 14.8. The second-order valence-electron chi connectivity index (χ2n) is 10.5. The Balaban J connectivity index is 1.61. The zero-order valence-electron chi connectivity index (χ0n) is 23.8. The number of likely N-dealkylation sites (N-methyl/N-ethyl adjacent to an activating group) is 1. The fourth-order valence-corrected chi connectivity index (χ4v) is 5.58. The molecule has 3 amide bonds. The van der Waals surface area contributed by atoms with Crippen molar-refractivity contribution in [3.05, 3.63) is 66.4 Å². The third kappa shape index (κ3) is 7.36. The number of carbonyl (C=O) groups excluding carboxylic acids is 2. The molecule has 3 atom stereocenters. The van der Waals surface area contributed by atoms with Crippen LogP contribution in [0.2, 0.25) is 0 Å². The summed E-state index contributed by atoms with van der Waals surface area (Å²) in [7, 11) is -0.730. The molecule has 1 aliphatic heterocycles. The molecule has 3 N–H and O–H groups in total. The Labute approximate surface area is 244 Å². The van der Waals surface area contributed by atoms with Gasteiger partial charge in [0.05, 0.1) is 31.9 Å². The molecule has 0 radical (unpaired) electrons. The van der Waals surface area contributed by atoms with Gasteiger partial charge in [-0.1, -0.05) is 6.92 Å². The van der Waals surface area contributed by atoms with E-state index >= 15 is 0 Å². The van der Waals surface area contributed by atoms with E-state index in [0.717, 1.165) is 0 Å². The van der Waals surface area contributed by atoms with E-state index in [1.807, 2.05) is 6.92 Å². The number of aliphatic hydroxyl groups is 1. The number of ether oxygens (including phenoxy) is 1. The van der Waals surface area contributed by atoms with Crippen LogP contribution < -0.4 is 14.8 Å². The molecule has 42 heavy (non-hydrogen) atoms. The number of urea groups is 1. The second kappa shape index (κ2) is 12.8. The van der Waals surface area contributed by atoms with Gasteiger partial charge in [0.15, 0.2) is 5.03 Å². The summed E-state index contributed by atoms with van der Waals surface area (Å²) in [6.45, 7) is 3.77. The Morgan fingerprint density at radius 3 is 2.57 bits per heavy atom. The summed E-state index contributed by atoms with van der Waals surface area (Å²) < 4.78 is 49.4. The predicted octanol–water partition coefficient (Wildman–Crippen LogP) is 2.67. The van der Waals surface area contributed by atoms with Gasteiger partial charge in [-0.05, 0) is 49.4 Å². The number of imidazole rings is 1. The molecule has 0 bridgehead atoms. The molecule has 0 aliphatic carbocycles. The Morgan fingerprint density at radius 1 is 1.24 bits per heavy atom. The standard InChI is InChI=1S/C28H35FN6O6S/c1-18-13-35(19(2)16-36)27(37)12-20-11-23(32-42(39,40)26-15-33(3)17-30-26)9-10-24(20)41-25(18)14-34(4)28(38)31-22-7-5-21(29)6-8-22/h5-11,15,17-19,25,32,36H,12-14,16H2,1-4H3,(H,31,38)/t18-,19-,25+/m1/s1. The number of carbonyl (C=O) groups is 2. The number of sulfonamides is 1. The lowest BCUT2D eigenvalue weighted by atomic mass is 10.0. The van der Waals surface area contributed by atoms with Crippen molar-refractivity contribution in [3.63, 3.8) is 0 Å². The Kier molecular flexibility index (Phi) is 9.36. The number of aliphatic hydroxyl groups excluding tert-OH is 1. The number of amides is 3. The molecule has 0 unspecified atom stereocenters. The van der Waals surface area contributed by atoms with E-state index in [0.29, 0.717) is 17.0 Å². The molecular formula is C28H35FN6O6S. The van der Waals surface area contributed by atoms with Crippen molar-refractivity contribution in [1.29, 1.82) is 0 Å². The number of aromatic nitrogens is 2. The molecule has 12 nitrogen and oxygen atoms in total. The van der Waals surface area contributed by atoms with Crippen molar-refractivity contribution in [3.8, 4) is 5.75 Å². The zero-order chi connectivity index (χ0) is 30.6. The maximum Gasteiger partial charge on any atom is 0.321 e. The van der Waals surface area contributed by atoms with Gasteiger partial charge >= 0.3 is 6.03 Å². The third-order valence-corrected chi connectivity index (χ3v) is 8.29. The van der Waals surface area contributed by atoms with Crippen LogP contribution in [-0.2, 0) is 28.3 Å². The number of hydrogen-bond acceptors (Lipinski definition) is 7. The molecule has 2 aromatic carbocycles. The summed E-state index contributed by atoms with van der Waals surface area (Å²) in [6, 6.07) is 9.13. The minimum absolute atomic E-state index is 0.0981. The van der Waals surface area contributed by atoms with Gasteiger partial charge in [0, 0.05) is 49.7 Å². The van der Waals surface area contributed by atoms with Crippen molar-refractivity contribution >= 4 is 33.3 Å². The highest BCUT2D eigenvalue weighted by atomic mass is 32.2. The summed E-state index contributed by atoms with van der Waals surface area (Å²) in [4.78, 5) is 33.2. The maximum atomic E-state index is 13.4. The van der Waals surface area contributed by atoms with E-state index in [-0.39, 0.29) is 48.7 Å². The van der Waals surface area contributed by atoms with Gasteiger partial charge in [-0.25, -0.2) is 14.2 Å². The SMILES string of the molecule is C[C@@H]1CN([C@H](C)CO)C(=O)Cc2cc(NS(=O)(=O)c3cn(C)cn3)ccc2O[C@H]1CN(C)C(=O)Nc1ccc(F)cc1. The minimum Gasteiger partial charge on any atom is -0.488 e. The Bertz CT molecular complexity index is 1530. The normalized spacial score (nSPS) is 18.1. The van der Waals surface area contributed by atoms with E-state index in [4.69, 9.17) is 4.74 Å². The number of nitrogens with zero attached hydrogens (tertiary/aromatic N) is 4. The number of anilines is 2. The van der Waals surface area contributed by atoms with E-state index < -0.39 is 34.0 Å². The monoisotopic (exact) mass is 602 g/mol. The van der Waals surface area contributed by atoms with Crippen LogP contribution in [0.5, 0.6) is 5.75 Å². The number of nitrogens with one attached hydrogen (secondary N) is 2. The summed E-state index contributed by atoms with van der Waals surface area (Å²) in [5.74, 6) is -0.582. The second-order valence-corrected chi connectivity index (χ2v) is 12.1. The lowest BCUT2D eigenvalue weighted by molar-refractivity contribution is -0.134. The number of rotatable bonds is 8. The number of fused-ring (bicyclic) bond motifs is 1. The number of benzene rings is 2. The zero-order valence-corrected chi connectivity index (χ0v) is 24.6. The van der Waals surface area contributed by atoms with Crippen LogP contribution in [0, 0.1) is 11.7 Å². The van der Waals surface area contributed by atoms with Gasteiger partial charge in [-0.3, -0.25) is 9.52 Å². The van der Waals surface area contributed by atoms with Crippen LogP contribution in [0.1, 0.15) is 19.4 Å². The third-order valence-electron chi connectivity index (χ3n) is 7.02. The molecule has 1 aromatic heterocycles. The van der Waals surface area contributed by atoms with Crippen LogP contribution >= 0.6 is 0 Å². The summed E-state index contributed by atoms with van der Waals surface area (Å²) in [5, 5.41) is 12.4. The largest absolute Gasteiger partial charge is 0.488 e. The lowest BCUT2D eigenvalue weighted by Crippen LogP contribution is -2.48. The number of aryl methyl sites for hydroxylation is 1. The summed E-state index contributed by atoms with van der Waals surface area (Å²) >= 11 is 0. The number of halogens is 1. The maximum absolute atomic E-state index is 13.4. The first kappa shape index (κ1) is 30.8. The molecule has 3 aromatic rings. The highest BCUT2D eigenvalue weighted by Gasteiger charge is 2.32. The van der Waals surface area contributed by atoms with E-state index in [1.165, 1.54) is 58.4 Å². The highest BCUT2D eigenvalue weighted by molar-refractivity contribution is 7.92. The van der Waals surface area contributed by atoms with Crippen LogP contribution in [0.25, 0.3) is 0 Å². The Hall–Kier alpha value is -4.17. The Morgan fingerprint density at radius 2 is 1.93 bits per heavy atom. The molecule has 4 rings (SSSR count). The van der Waals surface area contributed by atoms with E-state index in [9.17, 15) is 27.5 Å². The van der Waals surface area contributed by atoms with Crippen molar-refractivity contribution in [2.24, 2.45) is 13.0 Å². The molecule has 0 spiro atoms. The van der Waals surface area contributed by atoms with E-state index in [2.05, 4.69) is 15.0 Å². The van der Waals surface area contributed by atoms with Crippen LogP contribution in [0.3, 0.4) is 0 Å². The number of hydrogen-bond donors (Lipinski definition) is 3. The molecule has 0 fully saturated rings. The topological polar surface area (TPSA) is 146 Å². The molecular weight excluding hydrogens is 567 g/mol. The van der Waals surface area contributed by atoms with Crippen molar-refractivity contribution in [1.82, 2.24) is 19.4 Å². The van der Waals surface area contributed by atoms with Crippen LogP contribution in [0.4, 0.5) is 20.6 Å². The first-order valence-electron chi connectivity index (χ1n) is 13.3. The first-order chi connectivity index (χ1) is 19.9. The van der Waals surface area contributed by atoms with Gasteiger partial charge < -0.3 is 29.5 Å². The van der Waals surface area contributed by atoms with Gasteiger partial charge in [0.2, 0.25) is 5.91 Å². The molecule has 1 aliphatic rings. The van der Waals surface area contributed by atoms with Gasteiger partial charge in [-0.15, -0.1) is 0 Å². The molecule has 0 saturated carbocycles. The van der Waals surface area contributed by atoms with Crippen molar-refractivity contribution < 1.29 is 32.2 Å². The van der Waals surface area contributed by atoms with Crippen molar-refractivity contribution in [2.45, 2.75) is 37.4 Å². The van der Waals surface area contributed by atoms with Crippen molar-refractivity contribution in [2.75, 3.05) is 36.8 Å². The molecule has 2 heterocycles. The smallest absolute Gasteiger partial charge is 0.321 e. The van der Waals surface area contributed by atoms with Gasteiger partial charge in [0.1, 0.15) is 17.7 Å². The minimum atomic E-state index is -3.98. The molecule has 226 valence electrons. The lowest BCUT2D eigenvalue weighted by Gasteiger charge is -2.34. The summed E-state index contributed by atoms with van der Waals surface area (Å²) in [5.41, 5.74) is 1.09. The van der Waals surface area contributed by atoms with Crippen LogP contribution in [-0.4, -0.2) is 83.7 Å². The average Bonchev–Trinajstić information content (AvgIpc) is 3.41. The van der Waals surface area contributed by atoms with Gasteiger partial charge in [-0.2, -0.15) is 8.42 Å².